The maximum absolute atomic E-state index is 5.90. The first kappa shape index (κ1) is 13.9. The van der Waals surface area contributed by atoms with Crippen LogP contribution in [-0.2, 0) is 9.47 Å². The van der Waals surface area contributed by atoms with Crippen molar-refractivity contribution in [3.8, 4) is 0 Å². The van der Waals surface area contributed by atoms with E-state index in [4.69, 9.17) is 15.2 Å². The first-order valence-electron chi connectivity index (χ1n) is 6.28. The van der Waals surface area contributed by atoms with Gasteiger partial charge in [0.25, 0.3) is 0 Å². The van der Waals surface area contributed by atoms with Crippen molar-refractivity contribution < 1.29 is 9.47 Å². The number of nitrogens with zero attached hydrogens (tertiary/aromatic N) is 1. The Labute approximate surface area is 99.1 Å². The molecule has 4 nitrogen and oxygen atoms in total. The molecule has 1 aliphatic rings. The van der Waals surface area contributed by atoms with Gasteiger partial charge in [-0.15, -0.1) is 0 Å². The quantitative estimate of drug-likeness (QED) is 0.624. The second kappa shape index (κ2) is 8.01. The number of ether oxygens (including phenoxy) is 2. The molecule has 0 bridgehead atoms. The van der Waals surface area contributed by atoms with Crippen LogP contribution in [0, 0.1) is 5.92 Å². The molecular formula is C12H26N2O2. The molecule has 16 heavy (non-hydrogen) atoms. The minimum absolute atomic E-state index is 0.336. The van der Waals surface area contributed by atoms with Crippen LogP contribution in [0.5, 0.6) is 0 Å². The first-order valence-corrected chi connectivity index (χ1v) is 6.28. The Kier molecular flexibility index (Phi) is 6.96. The number of hydrogen-bond donors (Lipinski definition) is 1. The second-order valence-electron chi connectivity index (χ2n) is 4.67. The lowest BCUT2D eigenvalue weighted by atomic mass is 10.0. The van der Waals surface area contributed by atoms with E-state index in [2.05, 4.69) is 11.8 Å². The molecule has 0 amide bonds. The van der Waals surface area contributed by atoms with Crippen LogP contribution in [0.15, 0.2) is 0 Å². The fourth-order valence-corrected chi connectivity index (χ4v) is 2.13. The van der Waals surface area contributed by atoms with Crippen molar-refractivity contribution in [1.82, 2.24) is 4.90 Å². The Balaban J connectivity index is 1.94. The van der Waals surface area contributed by atoms with Gasteiger partial charge in [-0.1, -0.05) is 0 Å². The third-order valence-corrected chi connectivity index (χ3v) is 3.25. The van der Waals surface area contributed by atoms with E-state index in [-0.39, 0.29) is 0 Å². The van der Waals surface area contributed by atoms with Crippen molar-refractivity contribution in [1.29, 1.82) is 0 Å². The molecule has 0 radical (unpaired) electrons. The summed E-state index contributed by atoms with van der Waals surface area (Å²) in [5.74, 6) is 0.689. The van der Waals surface area contributed by atoms with Gasteiger partial charge in [-0.25, -0.2) is 0 Å². The highest BCUT2D eigenvalue weighted by Gasteiger charge is 2.24. The van der Waals surface area contributed by atoms with Gasteiger partial charge in [0, 0.05) is 32.8 Å². The molecule has 1 aliphatic heterocycles. The third kappa shape index (κ3) is 5.25. The van der Waals surface area contributed by atoms with Crippen molar-refractivity contribution in [2.24, 2.45) is 11.7 Å². The average molecular weight is 230 g/mol. The summed E-state index contributed by atoms with van der Waals surface area (Å²) in [5.41, 5.74) is 5.90. The molecule has 2 unspecified atom stereocenters. The fraction of sp³-hybridized carbons (Fsp3) is 1.00. The largest absolute Gasteiger partial charge is 0.382 e. The van der Waals surface area contributed by atoms with Crippen molar-refractivity contribution in [3.63, 3.8) is 0 Å². The van der Waals surface area contributed by atoms with Crippen LogP contribution in [0.25, 0.3) is 0 Å². The summed E-state index contributed by atoms with van der Waals surface area (Å²) in [6.45, 7) is 7.84. The van der Waals surface area contributed by atoms with Crippen molar-refractivity contribution in [2.45, 2.75) is 25.8 Å². The van der Waals surface area contributed by atoms with Crippen LogP contribution in [0.4, 0.5) is 0 Å². The summed E-state index contributed by atoms with van der Waals surface area (Å²) < 4.78 is 10.3. The lowest BCUT2D eigenvalue weighted by Gasteiger charge is -2.17. The first-order chi connectivity index (χ1) is 7.74. The molecule has 96 valence electrons. The standard InChI is InChI=1S/C12H26N2O2/c1-11(13)12-4-6-14(10-12)5-3-7-16-9-8-15-2/h11-12H,3-10,13H2,1-2H3. The Morgan fingerprint density at radius 2 is 2.19 bits per heavy atom. The lowest BCUT2D eigenvalue weighted by Crippen LogP contribution is -2.30. The zero-order valence-corrected chi connectivity index (χ0v) is 10.7. The molecule has 0 saturated carbocycles. The van der Waals surface area contributed by atoms with E-state index in [1.54, 1.807) is 7.11 Å². The summed E-state index contributed by atoms with van der Waals surface area (Å²) in [4.78, 5) is 2.49. The summed E-state index contributed by atoms with van der Waals surface area (Å²) in [6, 6.07) is 0.336. The molecule has 1 rings (SSSR count). The zero-order chi connectivity index (χ0) is 11.8. The van der Waals surface area contributed by atoms with Crippen molar-refractivity contribution in [2.75, 3.05) is 46.6 Å². The Hall–Kier alpha value is -0.160. The van der Waals surface area contributed by atoms with E-state index in [1.807, 2.05) is 0 Å². The molecule has 1 heterocycles. The predicted octanol–water partition coefficient (Wildman–Crippen LogP) is 0.709. The predicted molar refractivity (Wildman–Crippen MR) is 65.5 cm³/mol. The summed E-state index contributed by atoms with van der Waals surface area (Å²) in [5, 5.41) is 0. The van der Waals surface area contributed by atoms with E-state index in [1.165, 1.54) is 13.0 Å². The third-order valence-electron chi connectivity index (χ3n) is 3.25. The van der Waals surface area contributed by atoms with Crippen LogP contribution >= 0.6 is 0 Å². The molecule has 2 atom stereocenters. The van der Waals surface area contributed by atoms with Gasteiger partial charge in [-0.3, -0.25) is 0 Å². The molecule has 1 saturated heterocycles. The number of nitrogens with two attached hydrogens (primary N) is 1. The number of rotatable bonds is 8. The summed E-state index contributed by atoms with van der Waals surface area (Å²) in [6.07, 6.45) is 2.36. The Morgan fingerprint density at radius 3 is 2.81 bits per heavy atom. The fourth-order valence-electron chi connectivity index (χ4n) is 2.13. The molecule has 0 aromatic heterocycles. The number of hydrogen-bond acceptors (Lipinski definition) is 4. The van der Waals surface area contributed by atoms with Gasteiger partial charge in [0.2, 0.25) is 0 Å². The molecule has 0 aromatic rings. The SMILES string of the molecule is COCCOCCCN1CCC(C(C)N)C1. The van der Waals surface area contributed by atoms with E-state index in [9.17, 15) is 0 Å². The highest BCUT2D eigenvalue weighted by molar-refractivity contribution is 4.80. The second-order valence-corrected chi connectivity index (χ2v) is 4.67. The zero-order valence-electron chi connectivity index (χ0n) is 10.7. The molecule has 0 aromatic carbocycles. The lowest BCUT2D eigenvalue weighted by molar-refractivity contribution is 0.0660. The van der Waals surface area contributed by atoms with E-state index in [0.717, 1.165) is 26.1 Å². The molecule has 4 heteroatoms. The van der Waals surface area contributed by atoms with E-state index >= 15 is 0 Å². The van der Waals surface area contributed by atoms with Gasteiger partial charge in [0.1, 0.15) is 0 Å². The van der Waals surface area contributed by atoms with Crippen LogP contribution < -0.4 is 5.73 Å². The molecular weight excluding hydrogens is 204 g/mol. The van der Waals surface area contributed by atoms with E-state index < -0.39 is 0 Å². The smallest absolute Gasteiger partial charge is 0.0700 e. The number of methoxy groups -OCH3 is 1. The minimum Gasteiger partial charge on any atom is -0.382 e. The normalized spacial score (nSPS) is 23.8. The van der Waals surface area contributed by atoms with Crippen molar-refractivity contribution >= 4 is 0 Å². The topological polar surface area (TPSA) is 47.7 Å². The van der Waals surface area contributed by atoms with E-state index in [0.29, 0.717) is 25.2 Å². The molecule has 0 aliphatic carbocycles. The van der Waals surface area contributed by atoms with Gasteiger partial charge in [0.15, 0.2) is 0 Å². The summed E-state index contributed by atoms with van der Waals surface area (Å²) >= 11 is 0. The Morgan fingerprint density at radius 1 is 1.38 bits per heavy atom. The van der Waals surface area contributed by atoms with Crippen molar-refractivity contribution in [3.05, 3.63) is 0 Å². The Bertz CT molecular complexity index is 176. The van der Waals surface area contributed by atoms with Gasteiger partial charge in [-0.05, 0) is 32.2 Å². The highest BCUT2D eigenvalue weighted by Crippen LogP contribution is 2.18. The minimum atomic E-state index is 0.336. The van der Waals surface area contributed by atoms with Gasteiger partial charge in [0.05, 0.1) is 13.2 Å². The monoisotopic (exact) mass is 230 g/mol. The van der Waals surface area contributed by atoms with Gasteiger partial charge in [-0.2, -0.15) is 0 Å². The highest BCUT2D eigenvalue weighted by atomic mass is 16.5. The van der Waals surface area contributed by atoms with Gasteiger partial charge >= 0.3 is 0 Å². The van der Waals surface area contributed by atoms with Crippen LogP contribution in [-0.4, -0.2) is 57.5 Å². The van der Waals surface area contributed by atoms with Crippen LogP contribution in [0.2, 0.25) is 0 Å². The molecule has 0 spiro atoms. The summed E-state index contributed by atoms with van der Waals surface area (Å²) in [7, 11) is 1.70. The number of likely N-dealkylation sites (tertiary alicyclic amines) is 1. The van der Waals surface area contributed by atoms with Crippen LogP contribution in [0.3, 0.4) is 0 Å². The molecule has 2 N–H and O–H groups in total. The van der Waals surface area contributed by atoms with Gasteiger partial charge < -0.3 is 20.1 Å². The average Bonchev–Trinajstić information content (AvgIpc) is 2.72. The molecule has 1 fully saturated rings. The van der Waals surface area contributed by atoms with Crippen LogP contribution in [0.1, 0.15) is 19.8 Å². The maximum atomic E-state index is 5.90. The maximum Gasteiger partial charge on any atom is 0.0700 e.